The third-order valence-corrected chi connectivity index (χ3v) is 2.93. The molecule has 2 rings (SSSR count). The summed E-state index contributed by atoms with van der Waals surface area (Å²) in [4.78, 5) is 11.7. The number of unbranched alkanes of at least 4 members (excludes halogenated alkanes) is 1. The zero-order valence-corrected chi connectivity index (χ0v) is 10.4. The molecule has 18 heavy (non-hydrogen) atoms. The summed E-state index contributed by atoms with van der Waals surface area (Å²) in [6, 6.07) is 6.60. The second-order valence-corrected chi connectivity index (χ2v) is 4.32. The quantitative estimate of drug-likeness (QED) is 0.811. The van der Waals surface area contributed by atoms with E-state index in [0.29, 0.717) is 11.9 Å². The molecule has 3 nitrogen and oxygen atoms in total. The van der Waals surface area contributed by atoms with Crippen LogP contribution < -0.4 is 5.32 Å². The fraction of sp³-hybridized carbons (Fsp3) is 0.357. The highest BCUT2D eigenvalue weighted by atomic mass is 19.1. The van der Waals surface area contributed by atoms with Crippen molar-refractivity contribution in [1.29, 1.82) is 0 Å². The van der Waals surface area contributed by atoms with Gasteiger partial charge in [-0.05, 0) is 24.6 Å². The van der Waals surface area contributed by atoms with E-state index in [9.17, 15) is 9.18 Å². The molecule has 0 unspecified atom stereocenters. The van der Waals surface area contributed by atoms with Crippen LogP contribution in [0.2, 0.25) is 0 Å². The lowest BCUT2D eigenvalue weighted by Gasteiger charge is -2.06. The Morgan fingerprint density at radius 1 is 1.39 bits per heavy atom. The lowest BCUT2D eigenvalue weighted by Crippen LogP contribution is -2.28. The maximum absolute atomic E-state index is 13.5. The number of hydrogen-bond donors (Lipinski definition) is 1. The zero-order valence-electron chi connectivity index (χ0n) is 10.4. The zero-order chi connectivity index (χ0) is 13.0. The molecule has 0 saturated carbocycles. The fourth-order valence-corrected chi connectivity index (χ4v) is 1.94. The topological polar surface area (TPSA) is 34.0 Å². The summed E-state index contributed by atoms with van der Waals surface area (Å²) in [5, 5.41) is 3.40. The van der Waals surface area contributed by atoms with Crippen molar-refractivity contribution in [3.8, 4) is 0 Å². The first kappa shape index (κ1) is 12.6. The summed E-state index contributed by atoms with van der Waals surface area (Å²) in [5.74, 6) is -0.289. The van der Waals surface area contributed by atoms with Gasteiger partial charge in [0.2, 0.25) is 5.91 Å². The van der Waals surface area contributed by atoms with Crippen molar-refractivity contribution in [2.45, 2.75) is 26.3 Å². The molecule has 0 fully saturated rings. The Hall–Kier alpha value is -1.84. The number of benzene rings is 1. The maximum atomic E-state index is 13.5. The molecular formula is C14H17FN2O. The summed E-state index contributed by atoms with van der Waals surface area (Å²) in [6.07, 6.45) is 3.78. The molecule has 96 valence electrons. The third kappa shape index (κ3) is 2.70. The number of nitrogens with one attached hydrogen (secondary N) is 1. The standard InChI is InChI=1S/C14H17FN2O/c1-2-3-8-16-14(18)10-17-9-7-11-12(15)5-4-6-13(11)17/h4-7,9H,2-3,8,10H2,1H3,(H,16,18). The van der Waals surface area contributed by atoms with E-state index in [0.717, 1.165) is 18.4 Å². The molecule has 1 N–H and O–H groups in total. The Morgan fingerprint density at radius 2 is 2.22 bits per heavy atom. The summed E-state index contributed by atoms with van der Waals surface area (Å²) in [6.45, 7) is 3.01. The molecule has 1 aromatic heterocycles. The van der Waals surface area contributed by atoms with Gasteiger partial charge < -0.3 is 9.88 Å². The molecule has 0 aliphatic rings. The Kier molecular flexibility index (Phi) is 3.97. The van der Waals surface area contributed by atoms with Crippen molar-refractivity contribution in [3.05, 3.63) is 36.3 Å². The van der Waals surface area contributed by atoms with E-state index in [-0.39, 0.29) is 18.3 Å². The van der Waals surface area contributed by atoms with E-state index in [1.165, 1.54) is 6.07 Å². The van der Waals surface area contributed by atoms with Crippen molar-refractivity contribution < 1.29 is 9.18 Å². The van der Waals surface area contributed by atoms with Crippen LogP contribution in [0.15, 0.2) is 30.5 Å². The van der Waals surface area contributed by atoms with Crippen molar-refractivity contribution in [3.63, 3.8) is 0 Å². The second kappa shape index (κ2) is 5.67. The monoisotopic (exact) mass is 248 g/mol. The van der Waals surface area contributed by atoms with Gasteiger partial charge in [-0.25, -0.2) is 4.39 Å². The van der Waals surface area contributed by atoms with E-state index in [1.807, 2.05) is 6.07 Å². The maximum Gasteiger partial charge on any atom is 0.239 e. The number of carbonyl (C=O) groups is 1. The normalized spacial score (nSPS) is 10.8. The van der Waals surface area contributed by atoms with Crippen LogP contribution in [0.5, 0.6) is 0 Å². The highest BCUT2D eigenvalue weighted by Crippen LogP contribution is 2.18. The van der Waals surface area contributed by atoms with Gasteiger partial charge in [-0.3, -0.25) is 4.79 Å². The highest BCUT2D eigenvalue weighted by molar-refractivity contribution is 5.83. The van der Waals surface area contributed by atoms with Crippen LogP contribution in [0.1, 0.15) is 19.8 Å². The van der Waals surface area contributed by atoms with Gasteiger partial charge in [0.05, 0.1) is 5.52 Å². The first-order valence-corrected chi connectivity index (χ1v) is 6.22. The smallest absolute Gasteiger partial charge is 0.239 e. The molecule has 1 amide bonds. The van der Waals surface area contributed by atoms with Gasteiger partial charge in [-0.2, -0.15) is 0 Å². The molecule has 0 spiro atoms. The number of hydrogen-bond acceptors (Lipinski definition) is 1. The van der Waals surface area contributed by atoms with Crippen LogP contribution in [-0.2, 0) is 11.3 Å². The summed E-state index contributed by atoms with van der Waals surface area (Å²) >= 11 is 0. The first-order chi connectivity index (χ1) is 8.72. The SMILES string of the molecule is CCCCNC(=O)Cn1ccc2c(F)cccc21. The highest BCUT2D eigenvalue weighted by Gasteiger charge is 2.07. The number of rotatable bonds is 5. The van der Waals surface area contributed by atoms with Gasteiger partial charge in [0.25, 0.3) is 0 Å². The van der Waals surface area contributed by atoms with Crippen molar-refractivity contribution in [2.24, 2.45) is 0 Å². The number of aromatic nitrogens is 1. The van der Waals surface area contributed by atoms with Gasteiger partial charge in [-0.1, -0.05) is 19.4 Å². The Labute approximate surface area is 106 Å². The molecule has 2 aromatic rings. The molecule has 0 aliphatic carbocycles. The fourth-order valence-electron chi connectivity index (χ4n) is 1.94. The molecule has 0 saturated heterocycles. The number of nitrogens with zero attached hydrogens (tertiary/aromatic N) is 1. The summed E-state index contributed by atoms with van der Waals surface area (Å²) in [5.41, 5.74) is 0.751. The van der Waals surface area contributed by atoms with Crippen LogP contribution in [0, 0.1) is 5.82 Å². The van der Waals surface area contributed by atoms with Gasteiger partial charge in [0.1, 0.15) is 12.4 Å². The van der Waals surface area contributed by atoms with Crippen LogP contribution in [0.4, 0.5) is 4.39 Å². The number of halogens is 1. The summed E-state index contributed by atoms with van der Waals surface area (Å²) < 4.78 is 15.2. The number of amides is 1. The average Bonchev–Trinajstić information content (AvgIpc) is 2.74. The molecule has 0 atom stereocenters. The minimum atomic E-state index is -0.252. The number of fused-ring (bicyclic) bond motifs is 1. The van der Waals surface area contributed by atoms with E-state index in [1.54, 1.807) is 22.9 Å². The Bertz CT molecular complexity index is 548. The molecule has 0 radical (unpaired) electrons. The molecule has 0 bridgehead atoms. The van der Waals surface area contributed by atoms with E-state index in [2.05, 4.69) is 12.2 Å². The van der Waals surface area contributed by atoms with Crippen molar-refractivity contribution >= 4 is 16.8 Å². The second-order valence-electron chi connectivity index (χ2n) is 4.32. The van der Waals surface area contributed by atoms with Gasteiger partial charge in [0, 0.05) is 18.1 Å². The average molecular weight is 248 g/mol. The van der Waals surface area contributed by atoms with Crippen molar-refractivity contribution in [1.82, 2.24) is 9.88 Å². The Morgan fingerprint density at radius 3 is 3.00 bits per heavy atom. The predicted octanol–water partition coefficient (Wildman–Crippen LogP) is 2.70. The minimum absolute atomic E-state index is 0.0368. The van der Waals surface area contributed by atoms with Crippen LogP contribution >= 0.6 is 0 Å². The number of carbonyl (C=O) groups excluding carboxylic acids is 1. The Balaban J connectivity index is 2.08. The van der Waals surface area contributed by atoms with Crippen LogP contribution in [-0.4, -0.2) is 17.0 Å². The van der Waals surface area contributed by atoms with Gasteiger partial charge >= 0.3 is 0 Å². The van der Waals surface area contributed by atoms with Crippen LogP contribution in [0.25, 0.3) is 10.9 Å². The first-order valence-electron chi connectivity index (χ1n) is 6.22. The molecule has 0 aliphatic heterocycles. The van der Waals surface area contributed by atoms with Crippen LogP contribution in [0.3, 0.4) is 0 Å². The van der Waals surface area contributed by atoms with Gasteiger partial charge in [-0.15, -0.1) is 0 Å². The predicted molar refractivity (Wildman–Crippen MR) is 69.8 cm³/mol. The molecule has 4 heteroatoms. The van der Waals surface area contributed by atoms with E-state index < -0.39 is 0 Å². The van der Waals surface area contributed by atoms with E-state index >= 15 is 0 Å². The molecule has 1 heterocycles. The van der Waals surface area contributed by atoms with Gasteiger partial charge in [0.15, 0.2) is 0 Å². The molecular weight excluding hydrogens is 231 g/mol. The largest absolute Gasteiger partial charge is 0.355 e. The summed E-state index contributed by atoms with van der Waals surface area (Å²) in [7, 11) is 0. The van der Waals surface area contributed by atoms with Crippen molar-refractivity contribution in [2.75, 3.05) is 6.54 Å². The lowest BCUT2D eigenvalue weighted by molar-refractivity contribution is -0.121. The minimum Gasteiger partial charge on any atom is -0.355 e. The lowest BCUT2D eigenvalue weighted by atomic mass is 10.2. The third-order valence-electron chi connectivity index (χ3n) is 2.93. The van der Waals surface area contributed by atoms with E-state index in [4.69, 9.17) is 0 Å². The molecule has 1 aromatic carbocycles.